The average molecular weight is 264 g/mol. The van der Waals surface area contributed by atoms with E-state index in [1.165, 1.54) is 6.33 Å². The Balaban J connectivity index is 1.59. The molecule has 1 saturated heterocycles. The van der Waals surface area contributed by atoms with E-state index in [0.29, 0.717) is 30.0 Å². The number of rotatable bonds is 4. The van der Waals surface area contributed by atoms with Crippen LogP contribution in [-0.2, 0) is 6.54 Å². The van der Waals surface area contributed by atoms with E-state index in [4.69, 9.17) is 9.63 Å². The van der Waals surface area contributed by atoms with Crippen molar-refractivity contribution in [3.63, 3.8) is 0 Å². The van der Waals surface area contributed by atoms with E-state index >= 15 is 0 Å². The number of hydrogen-bond donors (Lipinski definition) is 2. The Labute approximate surface area is 109 Å². The average Bonchev–Trinajstić information content (AvgIpc) is 3.10. The van der Waals surface area contributed by atoms with Crippen molar-refractivity contribution < 1.29 is 9.63 Å². The Morgan fingerprint density at radius 3 is 2.95 bits per heavy atom. The maximum atomic E-state index is 9.10. The number of H-pyrrole nitrogens is 1. The highest BCUT2D eigenvalue weighted by molar-refractivity contribution is 5.39. The van der Waals surface area contributed by atoms with E-state index < -0.39 is 0 Å². The van der Waals surface area contributed by atoms with Gasteiger partial charge in [-0.3, -0.25) is 10.00 Å². The summed E-state index contributed by atoms with van der Waals surface area (Å²) in [5.74, 6) is 1.95. The lowest BCUT2D eigenvalue weighted by atomic mass is 9.98. The second-order valence-electron chi connectivity index (χ2n) is 4.75. The van der Waals surface area contributed by atoms with E-state index in [0.717, 1.165) is 25.9 Å². The van der Waals surface area contributed by atoms with Crippen molar-refractivity contribution in [1.82, 2.24) is 30.2 Å². The first-order chi connectivity index (χ1) is 9.35. The van der Waals surface area contributed by atoms with Crippen LogP contribution in [0.2, 0.25) is 0 Å². The minimum atomic E-state index is 0.282. The van der Waals surface area contributed by atoms with Crippen LogP contribution in [0.25, 0.3) is 11.6 Å². The molecule has 0 amide bonds. The summed E-state index contributed by atoms with van der Waals surface area (Å²) >= 11 is 0. The Hall–Kier alpha value is -1.80. The maximum absolute atomic E-state index is 9.10. The quantitative estimate of drug-likeness (QED) is 0.804. The second-order valence-corrected chi connectivity index (χ2v) is 4.75. The predicted molar refractivity (Wildman–Crippen MR) is 64.8 cm³/mol. The highest BCUT2D eigenvalue weighted by Gasteiger charge is 2.20. The monoisotopic (exact) mass is 264 g/mol. The molecule has 2 aromatic heterocycles. The summed E-state index contributed by atoms with van der Waals surface area (Å²) in [4.78, 5) is 10.5. The molecule has 1 fully saturated rings. The molecule has 3 heterocycles. The van der Waals surface area contributed by atoms with Crippen LogP contribution in [-0.4, -0.2) is 55.0 Å². The molecular formula is C11H16N6O2. The van der Waals surface area contributed by atoms with Crippen LogP contribution in [0, 0.1) is 5.92 Å². The molecule has 8 heteroatoms. The Morgan fingerprint density at radius 2 is 2.26 bits per heavy atom. The number of hydrogen-bond acceptors (Lipinski definition) is 7. The van der Waals surface area contributed by atoms with Crippen molar-refractivity contribution in [2.75, 3.05) is 19.7 Å². The zero-order valence-corrected chi connectivity index (χ0v) is 10.5. The number of aromatic nitrogens is 5. The predicted octanol–water partition coefficient (Wildman–Crippen LogP) is 0.0590. The molecule has 8 nitrogen and oxygen atoms in total. The Morgan fingerprint density at radius 1 is 1.42 bits per heavy atom. The molecule has 3 rings (SSSR count). The number of nitrogens with zero attached hydrogens (tertiary/aromatic N) is 5. The van der Waals surface area contributed by atoms with Crippen LogP contribution in [0.15, 0.2) is 10.9 Å². The molecule has 0 unspecified atom stereocenters. The number of aliphatic hydroxyl groups excluding tert-OH is 1. The van der Waals surface area contributed by atoms with Gasteiger partial charge in [0.1, 0.15) is 6.33 Å². The van der Waals surface area contributed by atoms with Crippen molar-refractivity contribution in [2.24, 2.45) is 5.92 Å². The van der Waals surface area contributed by atoms with Crippen molar-refractivity contribution in [1.29, 1.82) is 0 Å². The molecule has 0 aromatic carbocycles. The van der Waals surface area contributed by atoms with Gasteiger partial charge in [0.05, 0.1) is 6.54 Å². The van der Waals surface area contributed by atoms with Gasteiger partial charge in [-0.15, -0.1) is 0 Å². The van der Waals surface area contributed by atoms with Gasteiger partial charge in [-0.1, -0.05) is 5.16 Å². The standard InChI is InChI=1S/C11H16N6O2/c18-6-8-1-3-17(4-2-8)5-9-14-11(16-19-9)10-12-7-13-15-10/h7-8,18H,1-6H2,(H,12,13,15). The third-order valence-corrected chi connectivity index (χ3v) is 3.42. The molecule has 0 atom stereocenters. The second kappa shape index (κ2) is 5.45. The van der Waals surface area contributed by atoms with Crippen molar-refractivity contribution in [3.8, 4) is 11.6 Å². The lowest BCUT2D eigenvalue weighted by Gasteiger charge is -2.29. The fourth-order valence-electron chi connectivity index (χ4n) is 2.25. The van der Waals surface area contributed by atoms with E-state index in [2.05, 4.69) is 30.2 Å². The fourth-order valence-corrected chi connectivity index (χ4v) is 2.25. The molecule has 0 spiro atoms. The third-order valence-electron chi connectivity index (χ3n) is 3.42. The van der Waals surface area contributed by atoms with Gasteiger partial charge in [-0.05, 0) is 31.8 Å². The first-order valence-electron chi connectivity index (χ1n) is 6.36. The number of piperidine rings is 1. The van der Waals surface area contributed by atoms with Gasteiger partial charge >= 0.3 is 0 Å². The zero-order chi connectivity index (χ0) is 13.1. The number of aromatic amines is 1. The highest BCUT2D eigenvalue weighted by Crippen LogP contribution is 2.18. The zero-order valence-electron chi connectivity index (χ0n) is 10.5. The fraction of sp³-hybridized carbons (Fsp3) is 0.636. The van der Waals surface area contributed by atoms with Crippen molar-refractivity contribution in [3.05, 3.63) is 12.2 Å². The van der Waals surface area contributed by atoms with Gasteiger partial charge in [0.2, 0.25) is 11.7 Å². The summed E-state index contributed by atoms with van der Waals surface area (Å²) in [6.07, 6.45) is 3.43. The molecule has 0 saturated carbocycles. The molecule has 2 aromatic rings. The lowest BCUT2D eigenvalue weighted by Crippen LogP contribution is -2.34. The largest absolute Gasteiger partial charge is 0.396 e. The summed E-state index contributed by atoms with van der Waals surface area (Å²) < 4.78 is 5.20. The van der Waals surface area contributed by atoms with Gasteiger partial charge in [-0.25, -0.2) is 4.98 Å². The number of likely N-dealkylation sites (tertiary alicyclic amines) is 1. The molecule has 19 heavy (non-hydrogen) atoms. The first-order valence-corrected chi connectivity index (χ1v) is 6.36. The van der Waals surface area contributed by atoms with E-state index in [-0.39, 0.29) is 6.61 Å². The number of nitrogens with one attached hydrogen (secondary N) is 1. The SMILES string of the molecule is OCC1CCN(Cc2nc(-c3ncn[nH]3)no2)CC1. The molecule has 0 radical (unpaired) electrons. The Bertz CT molecular complexity index is 503. The minimum absolute atomic E-state index is 0.282. The van der Waals surface area contributed by atoms with Crippen LogP contribution >= 0.6 is 0 Å². The van der Waals surface area contributed by atoms with Gasteiger partial charge in [0.25, 0.3) is 0 Å². The van der Waals surface area contributed by atoms with Gasteiger partial charge in [0.15, 0.2) is 5.82 Å². The van der Waals surface area contributed by atoms with Crippen LogP contribution in [0.3, 0.4) is 0 Å². The van der Waals surface area contributed by atoms with Crippen LogP contribution in [0.1, 0.15) is 18.7 Å². The Kier molecular flexibility index (Phi) is 3.51. The topological polar surface area (TPSA) is 104 Å². The third kappa shape index (κ3) is 2.79. The van der Waals surface area contributed by atoms with E-state index in [9.17, 15) is 0 Å². The van der Waals surface area contributed by atoms with Gasteiger partial charge in [-0.2, -0.15) is 10.1 Å². The highest BCUT2D eigenvalue weighted by atomic mass is 16.5. The van der Waals surface area contributed by atoms with E-state index in [1.54, 1.807) is 0 Å². The van der Waals surface area contributed by atoms with Crippen LogP contribution < -0.4 is 0 Å². The molecular weight excluding hydrogens is 248 g/mol. The lowest BCUT2D eigenvalue weighted by molar-refractivity contribution is 0.119. The van der Waals surface area contributed by atoms with Crippen LogP contribution in [0.5, 0.6) is 0 Å². The van der Waals surface area contributed by atoms with Gasteiger partial charge < -0.3 is 9.63 Å². The normalized spacial score (nSPS) is 17.9. The summed E-state index contributed by atoms with van der Waals surface area (Å²) in [5.41, 5.74) is 0. The summed E-state index contributed by atoms with van der Waals surface area (Å²) in [7, 11) is 0. The number of aliphatic hydroxyl groups is 1. The summed E-state index contributed by atoms with van der Waals surface area (Å²) in [6.45, 7) is 2.82. The molecule has 2 N–H and O–H groups in total. The first kappa shape index (κ1) is 12.2. The molecule has 0 bridgehead atoms. The molecule has 0 aliphatic carbocycles. The van der Waals surface area contributed by atoms with Gasteiger partial charge in [0, 0.05) is 6.61 Å². The maximum Gasteiger partial charge on any atom is 0.241 e. The minimum Gasteiger partial charge on any atom is -0.396 e. The van der Waals surface area contributed by atoms with Crippen LogP contribution in [0.4, 0.5) is 0 Å². The van der Waals surface area contributed by atoms with Crippen molar-refractivity contribution >= 4 is 0 Å². The van der Waals surface area contributed by atoms with E-state index in [1.807, 2.05) is 0 Å². The molecule has 1 aliphatic rings. The molecule has 102 valence electrons. The summed E-state index contributed by atoms with van der Waals surface area (Å²) in [5, 5.41) is 19.4. The smallest absolute Gasteiger partial charge is 0.241 e. The molecule has 1 aliphatic heterocycles. The van der Waals surface area contributed by atoms with Crippen molar-refractivity contribution in [2.45, 2.75) is 19.4 Å². The summed E-state index contributed by atoms with van der Waals surface area (Å²) in [6, 6.07) is 0.